The minimum Gasteiger partial charge on any atom is -0.317 e. The van der Waals surface area contributed by atoms with Crippen LogP contribution >= 0.6 is 0 Å². The van der Waals surface area contributed by atoms with Crippen LogP contribution in [0.2, 0.25) is 0 Å². The number of hydrogen-bond acceptors (Lipinski definition) is 1. The molecular weight excluding hydrogens is 122 g/mol. The summed E-state index contributed by atoms with van der Waals surface area (Å²) in [6.45, 7) is 0. The van der Waals surface area contributed by atoms with Gasteiger partial charge < -0.3 is 5.32 Å². The maximum absolute atomic E-state index is 3.41. The smallest absolute Gasteiger partial charge is 0.0107 e. The van der Waals surface area contributed by atoms with Crippen LogP contribution in [0.1, 0.15) is 12.8 Å². The van der Waals surface area contributed by atoms with E-state index < -0.39 is 0 Å². The predicted octanol–water partition coefficient (Wildman–Crippen LogP) is 1.17. The normalized spacial score (nSPS) is 61.1. The average Bonchev–Trinajstić information content (AvgIpc) is 2.60. The first kappa shape index (κ1) is 5.36. The summed E-state index contributed by atoms with van der Waals surface area (Å²) in [5, 5.41) is 3.41. The Morgan fingerprint density at radius 3 is 2.80 bits per heavy atom. The lowest BCUT2D eigenvalue weighted by molar-refractivity contribution is 0.421. The molecule has 10 heavy (non-hydrogen) atoms. The molecule has 0 heterocycles. The van der Waals surface area contributed by atoms with Gasteiger partial charge in [0.15, 0.2) is 0 Å². The second kappa shape index (κ2) is 1.33. The van der Waals surface area contributed by atoms with Crippen molar-refractivity contribution in [1.29, 1.82) is 0 Å². The summed E-state index contributed by atoms with van der Waals surface area (Å²) in [6.07, 6.45) is 7.72. The van der Waals surface area contributed by atoms with Crippen LogP contribution in [0, 0.1) is 17.3 Å². The molecule has 1 spiro atoms. The highest BCUT2D eigenvalue weighted by molar-refractivity contribution is 5.35. The largest absolute Gasteiger partial charge is 0.317 e. The highest BCUT2D eigenvalue weighted by atomic mass is 14.9. The standard InChI is InChI=1S/C9H13N/c1-10-8-4-6-2-3-9(6)5-7(8)9/h2-3,6-8,10H,4-5H2,1H3. The SMILES string of the molecule is CNC1CC2C=CC23CC13. The van der Waals surface area contributed by atoms with Crippen molar-refractivity contribution in [3.8, 4) is 0 Å². The van der Waals surface area contributed by atoms with Gasteiger partial charge in [0.2, 0.25) is 0 Å². The second-order valence-electron chi connectivity index (χ2n) is 4.02. The van der Waals surface area contributed by atoms with Crippen LogP contribution in [-0.2, 0) is 0 Å². The van der Waals surface area contributed by atoms with Crippen molar-refractivity contribution in [2.24, 2.45) is 17.3 Å². The van der Waals surface area contributed by atoms with Crippen LogP contribution in [0.5, 0.6) is 0 Å². The molecule has 0 bridgehead atoms. The zero-order valence-corrected chi connectivity index (χ0v) is 6.30. The molecule has 0 aromatic heterocycles. The van der Waals surface area contributed by atoms with E-state index in [1.807, 2.05) is 0 Å². The third-order valence-corrected chi connectivity index (χ3v) is 3.80. The minimum absolute atomic E-state index is 0.730. The first-order chi connectivity index (χ1) is 4.87. The highest BCUT2D eigenvalue weighted by Gasteiger charge is 2.67. The Hall–Kier alpha value is -0.300. The first-order valence-corrected chi connectivity index (χ1v) is 4.23. The van der Waals surface area contributed by atoms with Gasteiger partial charge in [-0.1, -0.05) is 12.2 Å². The molecular formula is C9H13N. The molecule has 2 fully saturated rings. The fraction of sp³-hybridized carbons (Fsp3) is 0.778. The quantitative estimate of drug-likeness (QED) is 0.532. The molecule has 1 N–H and O–H groups in total. The molecule has 0 saturated heterocycles. The van der Waals surface area contributed by atoms with Gasteiger partial charge in [-0.05, 0) is 37.1 Å². The maximum Gasteiger partial charge on any atom is 0.0107 e. The van der Waals surface area contributed by atoms with Gasteiger partial charge in [0.05, 0.1) is 0 Å². The van der Waals surface area contributed by atoms with Crippen molar-refractivity contribution in [2.75, 3.05) is 7.05 Å². The molecule has 54 valence electrons. The molecule has 2 saturated carbocycles. The van der Waals surface area contributed by atoms with E-state index in [-0.39, 0.29) is 0 Å². The Kier molecular flexibility index (Phi) is 0.713. The van der Waals surface area contributed by atoms with E-state index in [9.17, 15) is 0 Å². The molecule has 0 radical (unpaired) electrons. The van der Waals surface area contributed by atoms with Gasteiger partial charge in [0.25, 0.3) is 0 Å². The maximum atomic E-state index is 3.41. The third kappa shape index (κ3) is 0.367. The minimum atomic E-state index is 0.730. The topological polar surface area (TPSA) is 12.0 Å². The van der Waals surface area contributed by atoms with Crippen LogP contribution in [-0.4, -0.2) is 13.1 Å². The lowest BCUT2D eigenvalue weighted by atomic mass is 9.80. The first-order valence-electron chi connectivity index (χ1n) is 4.23. The Morgan fingerprint density at radius 2 is 2.50 bits per heavy atom. The molecule has 0 amide bonds. The molecule has 0 aromatic rings. The van der Waals surface area contributed by atoms with Crippen LogP contribution < -0.4 is 5.32 Å². The van der Waals surface area contributed by atoms with Crippen molar-refractivity contribution >= 4 is 0 Å². The van der Waals surface area contributed by atoms with Gasteiger partial charge in [-0.15, -0.1) is 0 Å². The summed E-state index contributed by atoms with van der Waals surface area (Å²) < 4.78 is 0. The van der Waals surface area contributed by atoms with Crippen molar-refractivity contribution < 1.29 is 0 Å². The molecule has 0 aliphatic heterocycles. The zero-order valence-electron chi connectivity index (χ0n) is 6.30. The average molecular weight is 135 g/mol. The van der Waals surface area contributed by atoms with Gasteiger partial charge in [-0.25, -0.2) is 0 Å². The molecule has 0 aromatic carbocycles. The number of allylic oxidation sites excluding steroid dienone is 2. The Morgan fingerprint density at radius 1 is 1.60 bits per heavy atom. The van der Waals surface area contributed by atoms with E-state index in [2.05, 4.69) is 24.5 Å². The summed E-state index contributed by atoms with van der Waals surface area (Å²) in [4.78, 5) is 0. The lowest BCUT2D eigenvalue weighted by Crippen LogP contribution is -2.25. The molecule has 4 unspecified atom stereocenters. The van der Waals surface area contributed by atoms with Crippen LogP contribution in [0.4, 0.5) is 0 Å². The highest BCUT2D eigenvalue weighted by Crippen LogP contribution is 2.71. The van der Waals surface area contributed by atoms with E-state index >= 15 is 0 Å². The summed E-state index contributed by atoms with van der Waals surface area (Å²) in [7, 11) is 2.10. The van der Waals surface area contributed by atoms with E-state index in [0.717, 1.165) is 23.3 Å². The van der Waals surface area contributed by atoms with Gasteiger partial charge in [-0.2, -0.15) is 0 Å². The monoisotopic (exact) mass is 135 g/mol. The van der Waals surface area contributed by atoms with Crippen LogP contribution in [0.25, 0.3) is 0 Å². The Labute approximate surface area is 61.5 Å². The Balaban J connectivity index is 1.91. The van der Waals surface area contributed by atoms with E-state index in [4.69, 9.17) is 0 Å². The van der Waals surface area contributed by atoms with Gasteiger partial charge in [0.1, 0.15) is 0 Å². The van der Waals surface area contributed by atoms with Crippen LogP contribution in [0.15, 0.2) is 12.2 Å². The molecule has 1 heteroatoms. The summed E-state index contributed by atoms with van der Waals surface area (Å²) in [5.74, 6) is 1.96. The summed E-state index contributed by atoms with van der Waals surface area (Å²) in [5.41, 5.74) is 0.730. The van der Waals surface area contributed by atoms with E-state index in [1.54, 1.807) is 0 Å². The van der Waals surface area contributed by atoms with Gasteiger partial charge in [-0.3, -0.25) is 0 Å². The number of hydrogen-bond donors (Lipinski definition) is 1. The zero-order chi connectivity index (χ0) is 6.77. The molecule has 3 aliphatic rings. The number of nitrogens with one attached hydrogen (secondary N) is 1. The molecule has 4 atom stereocenters. The molecule has 3 aliphatic carbocycles. The molecule has 1 nitrogen and oxygen atoms in total. The fourth-order valence-corrected chi connectivity index (χ4v) is 2.99. The van der Waals surface area contributed by atoms with E-state index in [0.29, 0.717) is 0 Å². The number of rotatable bonds is 1. The Bertz CT molecular complexity index is 209. The van der Waals surface area contributed by atoms with Crippen molar-refractivity contribution in [3.05, 3.63) is 12.2 Å². The van der Waals surface area contributed by atoms with E-state index in [1.165, 1.54) is 12.8 Å². The summed E-state index contributed by atoms with van der Waals surface area (Å²) in [6, 6.07) is 0.833. The second-order valence-corrected chi connectivity index (χ2v) is 4.02. The van der Waals surface area contributed by atoms with Crippen LogP contribution in [0.3, 0.4) is 0 Å². The molecule has 3 rings (SSSR count). The van der Waals surface area contributed by atoms with Crippen molar-refractivity contribution in [2.45, 2.75) is 18.9 Å². The van der Waals surface area contributed by atoms with Crippen molar-refractivity contribution in [1.82, 2.24) is 5.32 Å². The third-order valence-electron chi connectivity index (χ3n) is 3.80. The van der Waals surface area contributed by atoms with Gasteiger partial charge >= 0.3 is 0 Å². The fourth-order valence-electron chi connectivity index (χ4n) is 2.99. The van der Waals surface area contributed by atoms with Crippen molar-refractivity contribution in [3.63, 3.8) is 0 Å². The lowest BCUT2D eigenvalue weighted by Gasteiger charge is -2.25. The van der Waals surface area contributed by atoms with Gasteiger partial charge in [0, 0.05) is 6.04 Å². The predicted molar refractivity (Wildman–Crippen MR) is 40.6 cm³/mol. The summed E-state index contributed by atoms with van der Waals surface area (Å²) >= 11 is 0.